The molecule has 2 N–H and O–H groups in total. The molecule has 0 saturated heterocycles. The van der Waals surface area contributed by atoms with Crippen molar-refractivity contribution >= 4 is 0 Å². The molecule has 2 aromatic rings. The third kappa shape index (κ3) is 3.63. The maximum Gasteiger partial charge on any atom is 0.253 e. The number of hydrogen-bond acceptors (Lipinski definition) is 7. The van der Waals surface area contributed by atoms with Crippen LogP contribution < -0.4 is 19.9 Å². The summed E-state index contributed by atoms with van der Waals surface area (Å²) < 4.78 is 21.7. The normalized spacial score (nSPS) is 10.5. The topological polar surface area (TPSA) is 92.6 Å². The lowest BCUT2D eigenvalue weighted by Gasteiger charge is -2.15. The van der Waals surface area contributed by atoms with Crippen molar-refractivity contribution in [2.75, 3.05) is 20.8 Å². The quantitative estimate of drug-likeness (QED) is 0.826. The highest BCUT2D eigenvalue weighted by Crippen LogP contribution is 2.39. The van der Waals surface area contributed by atoms with Crippen LogP contribution in [0.2, 0.25) is 0 Å². The Labute approximate surface area is 123 Å². The molecule has 0 unspecified atom stereocenters. The van der Waals surface area contributed by atoms with Crippen LogP contribution in [-0.2, 0) is 13.0 Å². The summed E-state index contributed by atoms with van der Waals surface area (Å²) in [7, 11) is 3.15. The van der Waals surface area contributed by atoms with E-state index in [4.69, 9.17) is 24.4 Å². The first-order valence-corrected chi connectivity index (χ1v) is 6.54. The standard InChI is InChI=1S/C14H19N3O4/c1-9-16-17-13(21-9)8-20-14-11(18-2)6-10(4-5-15)7-12(14)19-3/h6-7H,4-5,8,15H2,1-3H3. The minimum absolute atomic E-state index is 0.143. The SMILES string of the molecule is COc1cc(CCN)cc(OC)c1OCc1nnc(C)o1. The number of hydrogen-bond donors (Lipinski definition) is 1. The molecular weight excluding hydrogens is 274 g/mol. The van der Waals surface area contributed by atoms with Gasteiger partial charge in [-0.05, 0) is 30.7 Å². The van der Waals surface area contributed by atoms with E-state index in [9.17, 15) is 0 Å². The summed E-state index contributed by atoms with van der Waals surface area (Å²) in [6.07, 6.45) is 0.732. The van der Waals surface area contributed by atoms with Crippen LogP contribution in [0.4, 0.5) is 0 Å². The Balaban J connectivity index is 2.23. The molecule has 0 aliphatic heterocycles. The van der Waals surface area contributed by atoms with Gasteiger partial charge in [-0.2, -0.15) is 0 Å². The molecule has 1 heterocycles. The van der Waals surface area contributed by atoms with Crippen molar-refractivity contribution in [1.29, 1.82) is 0 Å². The molecule has 0 spiro atoms. The van der Waals surface area contributed by atoms with Gasteiger partial charge in [-0.25, -0.2) is 0 Å². The molecular formula is C14H19N3O4. The van der Waals surface area contributed by atoms with Crippen LogP contribution in [0.1, 0.15) is 17.3 Å². The minimum Gasteiger partial charge on any atom is -0.493 e. The summed E-state index contributed by atoms with van der Waals surface area (Å²) in [4.78, 5) is 0. The van der Waals surface area contributed by atoms with Gasteiger partial charge >= 0.3 is 0 Å². The highest BCUT2D eigenvalue weighted by atomic mass is 16.5. The predicted octanol–water partition coefficient (Wildman–Crippen LogP) is 1.48. The molecule has 0 amide bonds. The van der Waals surface area contributed by atoms with Gasteiger partial charge in [-0.1, -0.05) is 0 Å². The van der Waals surface area contributed by atoms with Gasteiger partial charge in [0.2, 0.25) is 11.6 Å². The van der Waals surface area contributed by atoms with Crippen LogP contribution in [0.5, 0.6) is 17.2 Å². The van der Waals surface area contributed by atoms with Gasteiger partial charge in [0, 0.05) is 6.92 Å². The van der Waals surface area contributed by atoms with E-state index in [-0.39, 0.29) is 6.61 Å². The van der Waals surface area contributed by atoms with Crippen molar-refractivity contribution in [3.63, 3.8) is 0 Å². The Morgan fingerprint density at radius 2 is 1.81 bits per heavy atom. The molecule has 7 heteroatoms. The highest BCUT2D eigenvalue weighted by Gasteiger charge is 2.15. The molecule has 0 radical (unpaired) electrons. The van der Waals surface area contributed by atoms with Crippen molar-refractivity contribution in [3.05, 3.63) is 29.5 Å². The fourth-order valence-corrected chi connectivity index (χ4v) is 1.92. The minimum atomic E-state index is 0.143. The number of rotatable bonds is 7. The maximum atomic E-state index is 5.71. The van der Waals surface area contributed by atoms with E-state index in [1.807, 2.05) is 12.1 Å². The van der Waals surface area contributed by atoms with Crippen molar-refractivity contribution in [1.82, 2.24) is 10.2 Å². The molecule has 0 atom stereocenters. The zero-order valence-corrected chi connectivity index (χ0v) is 12.4. The van der Waals surface area contributed by atoms with Crippen molar-refractivity contribution in [2.24, 2.45) is 5.73 Å². The summed E-state index contributed by atoms with van der Waals surface area (Å²) in [5.41, 5.74) is 6.60. The van der Waals surface area contributed by atoms with Crippen LogP contribution in [-0.4, -0.2) is 31.0 Å². The Kier molecular flexibility index (Phi) is 4.99. The third-order valence-electron chi connectivity index (χ3n) is 2.86. The fourth-order valence-electron chi connectivity index (χ4n) is 1.92. The molecule has 7 nitrogen and oxygen atoms in total. The lowest BCUT2D eigenvalue weighted by Crippen LogP contribution is -2.05. The van der Waals surface area contributed by atoms with E-state index in [2.05, 4.69) is 10.2 Å². The number of nitrogens with zero attached hydrogens (tertiary/aromatic N) is 2. The van der Waals surface area contributed by atoms with Crippen LogP contribution in [0.3, 0.4) is 0 Å². The Bertz CT molecular complexity index is 573. The van der Waals surface area contributed by atoms with Crippen LogP contribution in [0, 0.1) is 6.92 Å². The molecule has 2 rings (SSSR count). The molecule has 0 fully saturated rings. The lowest BCUT2D eigenvalue weighted by molar-refractivity contribution is 0.235. The average Bonchev–Trinajstić information content (AvgIpc) is 2.90. The summed E-state index contributed by atoms with van der Waals surface area (Å²) in [5, 5.41) is 7.63. The number of ether oxygens (including phenoxy) is 3. The number of nitrogens with two attached hydrogens (primary N) is 1. The van der Waals surface area contributed by atoms with E-state index >= 15 is 0 Å². The number of benzene rings is 1. The van der Waals surface area contributed by atoms with E-state index in [1.54, 1.807) is 21.1 Å². The molecule has 0 aliphatic carbocycles. The average molecular weight is 293 g/mol. The van der Waals surface area contributed by atoms with Crippen LogP contribution >= 0.6 is 0 Å². The molecule has 21 heavy (non-hydrogen) atoms. The smallest absolute Gasteiger partial charge is 0.253 e. The first kappa shape index (κ1) is 15.1. The highest BCUT2D eigenvalue weighted by molar-refractivity contribution is 5.54. The van der Waals surface area contributed by atoms with Crippen molar-refractivity contribution in [3.8, 4) is 17.2 Å². The fraction of sp³-hybridized carbons (Fsp3) is 0.429. The molecule has 114 valence electrons. The van der Waals surface area contributed by atoms with Gasteiger partial charge in [0.15, 0.2) is 18.1 Å². The Morgan fingerprint density at radius 3 is 2.29 bits per heavy atom. The lowest BCUT2D eigenvalue weighted by atomic mass is 10.1. The van der Waals surface area contributed by atoms with Crippen LogP contribution in [0.15, 0.2) is 16.5 Å². The molecule has 0 aliphatic rings. The molecule has 1 aromatic heterocycles. The zero-order valence-electron chi connectivity index (χ0n) is 12.4. The van der Waals surface area contributed by atoms with Gasteiger partial charge in [0.1, 0.15) is 0 Å². The van der Waals surface area contributed by atoms with Gasteiger partial charge in [0.25, 0.3) is 5.89 Å². The van der Waals surface area contributed by atoms with Gasteiger partial charge in [0.05, 0.1) is 14.2 Å². The predicted molar refractivity (Wildman–Crippen MR) is 75.7 cm³/mol. The van der Waals surface area contributed by atoms with E-state index in [0.29, 0.717) is 35.6 Å². The van der Waals surface area contributed by atoms with E-state index in [0.717, 1.165) is 12.0 Å². The monoisotopic (exact) mass is 293 g/mol. The summed E-state index contributed by atoms with van der Waals surface area (Å²) in [6, 6.07) is 3.76. The first-order chi connectivity index (χ1) is 10.2. The summed E-state index contributed by atoms with van der Waals surface area (Å²) in [5.74, 6) is 2.54. The largest absolute Gasteiger partial charge is 0.493 e. The molecule has 0 saturated carbocycles. The van der Waals surface area contributed by atoms with E-state index < -0.39 is 0 Å². The van der Waals surface area contributed by atoms with E-state index in [1.165, 1.54) is 0 Å². The summed E-state index contributed by atoms with van der Waals surface area (Å²) >= 11 is 0. The third-order valence-corrected chi connectivity index (χ3v) is 2.86. The second-order valence-corrected chi connectivity index (χ2v) is 4.37. The molecule has 1 aromatic carbocycles. The second-order valence-electron chi connectivity index (χ2n) is 4.37. The number of methoxy groups -OCH3 is 2. The van der Waals surface area contributed by atoms with Gasteiger partial charge < -0.3 is 24.4 Å². The van der Waals surface area contributed by atoms with Gasteiger partial charge in [-0.15, -0.1) is 10.2 Å². The molecule has 0 bridgehead atoms. The Hall–Kier alpha value is -2.28. The second kappa shape index (κ2) is 6.94. The maximum absolute atomic E-state index is 5.71. The van der Waals surface area contributed by atoms with Crippen molar-refractivity contribution in [2.45, 2.75) is 20.0 Å². The van der Waals surface area contributed by atoms with Crippen LogP contribution in [0.25, 0.3) is 0 Å². The summed E-state index contributed by atoms with van der Waals surface area (Å²) in [6.45, 7) is 2.41. The Morgan fingerprint density at radius 1 is 1.14 bits per heavy atom. The van der Waals surface area contributed by atoms with Gasteiger partial charge in [-0.3, -0.25) is 0 Å². The number of aromatic nitrogens is 2. The van der Waals surface area contributed by atoms with Crippen molar-refractivity contribution < 1.29 is 18.6 Å². The number of aryl methyl sites for hydroxylation is 1. The zero-order chi connectivity index (χ0) is 15.2. The first-order valence-electron chi connectivity index (χ1n) is 6.54.